The molecule has 3 aromatic carbocycles. The number of carbonyl (C=O) groups excluding carboxylic acids is 1. The molecule has 0 fully saturated rings. The molecule has 0 aliphatic rings. The highest BCUT2D eigenvalue weighted by Gasteiger charge is 2.20. The highest BCUT2D eigenvalue weighted by Crippen LogP contribution is 2.34. The summed E-state index contributed by atoms with van der Waals surface area (Å²) in [5.41, 5.74) is 8.35. The Morgan fingerprint density at radius 2 is 1.31 bits per heavy atom. The number of rotatable bonds is 6. The van der Waals surface area contributed by atoms with Crippen molar-refractivity contribution in [3.8, 4) is 22.5 Å². The predicted molar refractivity (Wildman–Crippen MR) is 134 cm³/mol. The van der Waals surface area contributed by atoms with Crippen LogP contribution < -0.4 is 5.32 Å². The maximum atomic E-state index is 12.7. The first-order valence-corrected chi connectivity index (χ1v) is 11.6. The number of carbonyl (C=O) groups is 1. The van der Waals surface area contributed by atoms with Gasteiger partial charge in [-0.15, -0.1) is 0 Å². The third-order valence-corrected chi connectivity index (χ3v) is 6.31. The van der Waals surface area contributed by atoms with Gasteiger partial charge in [-0.25, -0.2) is 4.98 Å². The Balaban J connectivity index is 1.60. The van der Waals surface area contributed by atoms with Crippen LogP contribution in [0.4, 0.5) is 5.69 Å². The topological polar surface area (TPSA) is 57.8 Å². The summed E-state index contributed by atoms with van der Waals surface area (Å²) in [6.07, 6.45) is 0. The van der Waals surface area contributed by atoms with Gasteiger partial charge in [-0.05, 0) is 39.8 Å². The summed E-state index contributed by atoms with van der Waals surface area (Å²) >= 11 is 1.43. The van der Waals surface area contributed by atoms with Gasteiger partial charge in [0.2, 0.25) is 5.91 Å². The summed E-state index contributed by atoms with van der Waals surface area (Å²) < 4.78 is 0. The summed E-state index contributed by atoms with van der Waals surface area (Å²) in [7, 11) is 0. The van der Waals surface area contributed by atoms with Crippen LogP contribution in [0.25, 0.3) is 22.5 Å². The minimum absolute atomic E-state index is 0.0518. The number of nitrogens with zero attached hydrogens (tertiary/aromatic N) is 1. The maximum Gasteiger partial charge on any atom is 0.237 e. The van der Waals surface area contributed by atoms with Crippen LogP contribution in [0.15, 0.2) is 78.0 Å². The minimum Gasteiger partial charge on any atom is -0.332 e. The van der Waals surface area contributed by atoms with Gasteiger partial charge in [0, 0.05) is 16.8 Å². The van der Waals surface area contributed by atoms with Crippen molar-refractivity contribution in [2.75, 3.05) is 5.32 Å². The average molecular weight is 442 g/mol. The monoisotopic (exact) mass is 441 g/mol. The minimum atomic E-state index is -0.306. The standard InChI is InChI=1S/C27H27N3OS/c1-17-5-11-21(12-6-17)24-25(22-13-7-18(2)8-14-22)30-27(29-24)32-20(4)26(31)28-23-15-9-19(3)10-16-23/h5-16,20H,1-4H3,(H,28,31)(H,29,30). The molecule has 0 aliphatic carbocycles. The lowest BCUT2D eigenvalue weighted by Crippen LogP contribution is -2.22. The lowest BCUT2D eigenvalue weighted by atomic mass is 10.0. The van der Waals surface area contributed by atoms with Gasteiger partial charge in [-0.2, -0.15) is 0 Å². The fourth-order valence-corrected chi connectivity index (χ4v) is 4.16. The summed E-state index contributed by atoms with van der Waals surface area (Å²) in [5.74, 6) is -0.0518. The normalized spacial score (nSPS) is 11.9. The molecule has 1 aromatic heterocycles. The zero-order valence-electron chi connectivity index (χ0n) is 18.8. The number of thioether (sulfide) groups is 1. The molecule has 0 bridgehead atoms. The summed E-state index contributed by atoms with van der Waals surface area (Å²) in [6.45, 7) is 8.07. The number of amides is 1. The maximum absolute atomic E-state index is 12.7. The number of aryl methyl sites for hydroxylation is 3. The van der Waals surface area contributed by atoms with Crippen molar-refractivity contribution < 1.29 is 4.79 Å². The first kappa shape index (κ1) is 21.9. The van der Waals surface area contributed by atoms with Crippen LogP contribution in [-0.2, 0) is 4.79 Å². The number of anilines is 1. The smallest absolute Gasteiger partial charge is 0.237 e. The first-order valence-electron chi connectivity index (χ1n) is 10.7. The van der Waals surface area contributed by atoms with Crippen LogP contribution in [0.5, 0.6) is 0 Å². The fourth-order valence-electron chi connectivity index (χ4n) is 3.36. The van der Waals surface area contributed by atoms with Crippen molar-refractivity contribution in [1.82, 2.24) is 9.97 Å². The fraction of sp³-hybridized carbons (Fsp3) is 0.185. The Hall–Kier alpha value is -3.31. The molecular formula is C27H27N3OS. The van der Waals surface area contributed by atoms with E-state index in [1.165, 1.54) is 22.9 Å². The molecule has 4 aromatic rings. The van der Waals surface area contributed by atoms with Crippen molar-refractivity contribution in [3.63, 3.8) is 0 Å². The van der Waals surface area contributed by atoms with Gasteiger partial charge in [0.05, 0.1) is 16.6 Å². The first-order chi connectivity index (χ1) is 15.4. The quantitative estimate of drug-likeness (QED) is 0.324. The van der Waals surface area contributed by atoms with Crippen LogP contribution in [0.1, 0.15) is 23.6 Å². The molecule has 1 amide bonds. The lowest BCUT2D eigenvalue weighted by Gasteiger charge is -2.10. The second kappa shape index (κ2) is 9.45. The Morgan fingerprint density at radius 1 is 0.812 bits per heavy atom. The Bertz CT molecular complexity index is 1150. The molecule has 32 heavy (non-hydrogen) atoms. The largest absolute Gasteiger partial charge is 0.332 e. The van der Waals surface area contributed by atoms with Crippen LogP contribution in [0.3, 0.4) is 0 Å². The van der Waals surface area contributed by atoms with Gasteiger partial charge >= 0.3 is 0 Å². The van der Waals surface area contributed by atoms with Gasteiger partial charge in [-0.3, -0.25) is 4.79 Å². The molecule has 0 spiro atoms. The number of H-pyrrole nitrogens is 1. The van der Waals surface area contributed by atoms with E-state index in [2.05, 4.69) is 72.7 Å². The molecular weight excluding hydrogens is 414 g/mol. The van der Waals surface area contributed by atoms with Crippen LogP contribution >= 0.6 is 11.8 Å². The number of aromatic amines is 1. The molecule has 162 valence electrons. The molecule has 2 N–H and O–H groups in total. The van der Waals surface area contributed by atoms with E-state index in [1.807, 2.05) is 38.1 Å². The van der Waals surface area contributed by atoms with E-state index >= 15 is 0 Å². The van der Waals surface area contributed by atoms with E-state index < -0.39 is 0 Å². The van der Waals surface area contributed by atoms with E-state index in [4.69, 9.17) is 4.98 Å². The lowest BCUT2D eigenvalue weighted by molar-refractivity contribution is -0.115. The number of nitrogens with one attached hydrogen (secondary N) is 2. The van der Waals surface area contributed by atoms with Crippen molar-refractivity contribution in [1.29, 1.82) is 0 Å². The van der Waals surface area contributed by atoms with E-state index in [-0.39, 0.29) is 11.2 Å². The van der Waals surface area contributed by atoms with Gasteiger partial charge in [-0.1, -0.05) is 89.1 Å². The molecule has 1 atom stereocenters. The molecule has 0 radical (unpaired) electrons. The average Bonchev–Trinajstić information content (AvgIpc) is 3.20. The second-order valence-electron chi connectivity index (χ2n) is 8.11. The highest BCUT2D eigenvalue weighted by molar-refractivity contribution is 8.00. The van der Waals surface area contributed by atoms with Crippen molar-refractivity contribution in [2.24, 2.45) is 0 Å². The number of benzene rings is 3. The van der Waals surface area contributed by atoms with Crippen molar-refractivity contribution in [2.45, 2.75) is 38.1 Å². The molecule has 4 rings (SSSR count). The molecule has 0 saturated heterocycles. The highest BCUT2D eigenvalue weighted by atomic mass is 32.2. The third-order valence-electron chi connectivity index (χ3n) is 5.32. The van der Waals surface area contributed by atoms with Crippen LogP contribution in [0, 0.1) is 20.8 Å². The summed E-state index contributed by atoms with van der Waals surface area (Å²) in [4.78, 5) is 21.1. The van der Waals surface area contributed by atoms with Crippen LogP contribution in [0.2, 0.25) is 0 Å². The van der Waals surface area contributed by atoms with Gasteiger partial charge < -0.3 is 10.3 Å². The number of aromatic nitrogens is 2. The zero-order valence-corrected chi connectivity index (χ0v) is 19.6. The zero-order chi connectivity index (χ0) is 22.7. The van der Waals surface area contributed by atoms with Crippen molar-refractivity contribution >= 4 is 23.4 Å². The molecule has 0 aliphatic heterocycles. The summed E-state index contributed by atoms with van der Waals surface area (Å²) in [5, 5.41) is 3.40. The molecule has 1 unspecified atom stereocenters. The number of imidazole rings is 1. The number of hydrogen-bond donors (Lipinski definition) is 2. The van der Waals surface area contributed by atoms with E-state index in [1.54, 1.807) is 0 Å². The molecule has 5 heteroatoms. The van der Waals surface area contributed by atoms with Crippen molar-refractivity contribution in [3.05, 3.63) is 89.5 Å². The van der Waals surface area contributed by atoms with Crippen LogP contribution in [-0.4, -0.2) is 21.1 Å². The number of hydrogen-bond acceptors (Lipinski definition) is 3. The van der Waals surface area contributed by atoms with Gasteiger partial charge in [0.1, 0.15) is 0 Å². The molecule has 1 heterocycles. The predicted octanol–water partition coefficient (Wildman–Crippen LogP) is 6.79. The van der Waals surface area contributed by atoms with Gasteiger partial charge in [0.25, 0.3) is 0 Å². The molecule has 4 nitrogen and oxygen atoms in total. The Kier molecular flexibility index (Phi) is 6.47. The molecule has 0 saturated carbocycles. The summed E-state index contributed by atoms with van der Waals surface area (Å²) in [6, 6.07) is 24.6. The third kappa shape index (κ3) is 5.11. The Morgan fingerprint density at radius 3 is 1.88 bits per heavy atom. The van der Waals surface area contributed by atoms with E-state index in [0.29, 0.717) is 0 Å². The SMILES string of the molecule is Cc1ccc(NC(=O)C(C)Sc2nc(-c3ccc(C)cc3)c(-c3ccc(C)cc3)[nH]2)cc1. The van der Waals surface area contributed by atoms with Gasteiger partial charge in [0.15, 0.2) is 5.16 Å². The van der Waals surface area contributed by atoms with E-state index in [0.717, 1.165) is 38.9 Å². The Labute approximate surface area is 193 Å². The second-order valence-corrected chi connectivity index (χ2v) is 9.44. The van der Waals surface area contributed by atoms with E-state index in [9.17, 15) is 4.79 Å².